The van der Waals surface area contributed by atoms with Crippen LogP contribution in [0.1, 0.15) is 18.9 Å². The molecule has 11 heteroatoms. The van der Waals surface area contributed by atoms with E-state index in [9.17, 15) is 19.2 Å². The molecule has 1 unspecified atom stereocenters. The molecule has 174 valence electrons. The highest BCUT2D eigenvalue weighted by molar-refractivity contribution is 7.99. The van der Waals surface area contributed by atoms with Gasteiger partial charge in [0, 0.05) is 19.2 Å². The zero-order valence-corrected chi connectivity index (χ0v) is 19.1. The van der Waals surface area contributed by atoms with E-state index in [1.165, 1.54) is 29.9 Å². The van der Waals surface area contributed by atoms with E-state index in [4.69, 9.17) is 0 Å². The van der Waals surface area contributed by atoms with Crippen molar-refractivity contribution in [3.63, 3.8) is 0 Å². The van der Waals surface area contributed by atoms with E-state index in [-0.39, 0.29) is 30.5 Å². The topological polar surface area (TPSA) is 128 Å². The second-order valence-electron chi connectivity index (χ2n) is 7.60. The molecule has 4 rings (SSSR count). The highest BCUT2D eigenvalue weighted by atomic mass is 32.2. The fourth-order valence-electron chi connectivity index (χ4n) is 3.66. The summed E-state index contributed by atoms with van der Waals surface area (Å²) in [6.45, 7) is 1.58. The maximum atomic E-state index is 13.4. The fourth-order valence-corrected chi connectivity index (χ4v) is 4.32. The van der Waals surface area contributed by atoms with Crippen LogP contribution in [0.5, 0.6) is 0 Å². The number of nitrogens with one attached hydrogen (secondary N) is 2. The summed E-state index contributed by atoms with van der Waals surface area (Å²) >= 11 is 1.17. The standard InChI is InChI=1S/C23H22N6O4S/c1-15(30)26-17-7-9-18(10-8-17)29-20(31)11-19(22(29)33)28(12-16-5-3-2-4-6-16)21(32)13-34-23-24-14-25-27-23/h2-10,14,19H,11-13H2,1H3,(H,26,30)(H,24,25,27). The van der Waals surface area contributed by atoms with Gasteiger partial charge in [0.05, 0.1) is 17.9 Å². The Bertz CT molecular complexity index is 1180. The number of anilines is 2. The smallest absolute Gasteiger partial charge is 0.257 e. The second kappa shape index (κ2) is 10.3. The minimum atomic E-state index is -0.925. The fraction of sp³-hybridized carbons (Fsp3) is 0.217. The number of hydrogen-bond acceptors (Lipinski definition) is 7. The summed E-state index contributed by atoms with van der Waals surface area (Å²) in [5, 5.41) is 9.59. The molecule has 3 aromatic rings. The molecule has 1 fully saturated rings. The van der Waals surface area contributed by atoms with Crippen molar-refractivity contribution in [2.45, 2.75) is 31.1 Å². The number of H-pyrrole nitrogens is 1. The van der Waals surface area contributed by atoms with Crippen LogP contribution >= 0.6 is 11.8 Å². The van der Waals surface area contributed by atoms with Gasteiger partial charge in [-0.2, -0.15) is 5.10 Å². The van der Waals surface area contributed by atoms with Gasteiger partial charge >= 0.3 is 0 Å². The number of nitrogens with zero attached hydrogens (tertiary/aromatic N) is 4. The molecule has 2 aromatic carbocycles. The van der Waals surface area contributed by atoms with Gasteiger partial charge in [-0.25, -0.2) is 9.88 Å². The molecule has 2 N–H and O–H groups in total. The third kappa shape index (κ3) is 5.31. The monoisotopic (exact) mass is 478 g/mol. The van der Waals surface area contributed by atoms with Crippen molar-refractivity contribution in [1.29, 1.82) is 0 Å². The van der Waals surface area contributed by atoms with Crippen LogP contribution in [0.15, 0.2) is 66.1 Å². The molecule has 1 saturated heterocycles. The Morgan fingerprint density at radius 2 is 1.88 bits per heavy atom. The molecule has 4 amide bonds. The van der Waals surface area contributed by atoms with Crippen LogP contribution in [-0.2, 0) is 25.7 Å². The lowest BCUT2D eigenvalue weighted by Gasteiger charge is -2.27. The number of amides is 4. The van der Waals surface area contributed by atoms with Crippen molar-refractivity contribution in [2.24, 2.45) is 0 Å². The molecule has 1 aliphatic heterocycles. The number of aromatic amines is 1. The molecule has 0 spiro atoms. The molecule has 0 aliphatic carbocycles. The summed E-state index contributed by atoms with van der Waals surface area (Å²) < 4.78 is 0. The van der Waals surface area contributed by atoms with E-state index in [0.29, 0.717) is 16.5 Å². The van der Waals surface area contributed by atoms with Crippen LogP contribution in [0.4, 0.5) is 11.4 Å². The van der Waals surface area contributed by atoms with Crippen molar-refractivity contribution >= 4 is 46.8 Å². The van der Waals surface area contributed by atoms with Crippen LogP contribution in [0.3, 0.4) is 0 Å². The molecule has 0 radical (unpaired) electrons. The number of rotatable bonds is 8. The van der Waals surface area contributed by atoms with E-state index in [2.05, 4.69) is 20.5 Å². The maximum Gasteiger partial charge on any atom is 0.257 e. The third-order valence-corrected chi connectivity index (χ3v) is 6.05. The van der Waals surface area contributed by atoms with Crippen LogP contribution in [0.2, 0.25) is 0 Å². The number of aromatic nitrogens is 3. The summed E-state index contributed by atoms with van der Waals surface area (Å²) in [4.78, 5) is 57.2. The summed E-state index contributed by atoms with van der Waals surface area (Å²) in [6, 6.07) is 14.8. The predicted octanol–water partition coefficient (Wildman–Crippen LogP) is 2.22. The molecule has 0 bridgehead atoms. The van der Waals surface area contributed by atoms with Crippen LogP contribution in [0, 0.1) is 0 Å². The lowest BCUT2D eigenvalue weighted by atomic mass is 10.1. The van der Waals surface area contributed by atoms with Gasteiger partial charge in [-0.15, -0.1) is 0 Å². The van der Waals surface area contributed by atoms with Crippen molar-refractivity contribution in [1.82, 2.24) is 20.1 Å². The van der Waals surface area contributed by atoms with Crippen molar-refractivity contribution < 1.29 is 19.2 Å². The normalized spacial score (nSPS) is 15.4. The summed E-state index contributed by atoms with van der Waals surface area (Å²) in [5.41, 5.74) is 1.78. The molecule has 34 heavy (non-hydrogen) atoms. The number of thioether (sulfide) groups is 1. The number of carbonyl (C=O) groups excluding carboxylic acids is 4. The molecule has 10 nitrogen and oxygen atoms in total. The Morgan fingerprint density at radius 1 is 1.15 bits per heavy atom. The second-order valence-corrected chi connectivity index (χ2v) is 8.57. The SMILES string of the molecule is CC(=O)Nc1ccc(N2C(=O)CC(N(Cc3ccccc3)C(=O)CSc3ncn[nH]3)C2=O)cc1. The summed E-state index contributed by atoms with van der Waals surface area (Å²) in [5.74, 6) is -1.34. The summed E-state index contributed by atoms with van der Waals surface area (Å²) in [7, 11) is 0. The average Bonchev–Trinajstić information content (AvgIpc) is 3.44. The molecular formula is C23H22N6O4S. The minimum absolute atomic E-state index is 0.0331. The lowest BCUT2D eigenvalue weighted by Crippen LogP contribution is -2.45. The first-order valence-corrected chi connectivity index (χ1v) is 11.5. The van der Waals surface area contributed by atoms with Gasteiger partial charge in [0.2, 0.25) is 17.7 Å². The van der Waals surface area contributed by atoms with Gasteiger partial charge < -0.3 is 10.2 Å². The molecule has 1 atom stereocenters. The van der Waals surface area contributed by atoms with Gasteiger partial charge in [-0.1, -0.05) is 42.1 Å². The van der Waals surface area contributed by atoms with Gasteiger partial charge in [0.15, 0.2) is 5.16 Å². The highest BCUT2D eigenvalue weighted by Crippen LogP contribution is 2.28. The van der Waals surface area contributed by atoms with E-state index in [1.807, 2.05) is 30.3 Å². The van der Waals surface area contributed by atoms with Crippen molar-refractivity contribution in [3.05, 3.63) is 66.5 Å². The first-order valence-electron chi connectivity index (χ1n) is 10.5. The Kier molecular flexibility index (Phi) is 7.02. The first kappa shape index (κ1) is 23.2. The Hall–Kier alpha value is -3.99. The van der Waals surface area contributed by atoms with Gasteiger partial charge in [0.25, 0.3) is 5.91 Å². The Morgan fingerprint density at radius 3 is 2.53 bits per heavy atom. The highest BCUT2D eigenvalue weighted by Gasteiger charge is 2.44. The molecule has 0 saturated carbocycles. The number of hydrogen-bond donors (Lipinski definition) is 2. The van der Waals surface area contributed by atoms with E-state index >= 15 is 0 Å². The third-order valence-electron chi connectivity index (χ3n) is 5.19. The number of benzene rings is 2. The predicted molar refractivity (Wildman–Crippen MR) is 126 cm³/mol. The molecule has 1 aromatic heterocycles. The number of imide groups is 1. The van der Waals surface area contributed by atoms with Crippen LogP contribution in [-0.4, -0.2) is 55.5 Å². The Labute approximate surface area is 199 Å². The maximum absolute atomic E-state index is 13.4. The molecule has 2 heterocycles. The van der Waals surface area contributed by atoms with Gasteiger partial charge in [-0.3, -0.25) is 24.3 Å². The van der Waals surface area contributed by atoms with Gasteiger partial charge in [0.1, 0.15) is 12.4 Å². The molecular weight excluding hydrogens is 456 g/mol. The minimum Gasteiger partial charge on any atom is -0.326 e. The number of carbonyl (C=O) groups is 4. The first-order chi connectivity index (χ1) is 16.4. The quantitative estimate of drug-likeness (QED) is 0.375. The van der Waals surface area contributed by atoms with E-state index in [0.717, 1.165) is 10.5 Å². The largest absolute Gasteiger partial charge is 0.326 e. The van der Waals surface area contributed by atoms with E-state index in [1.54, 1.807) is 24.3 Å². The summed E-state index contributed by atoms with van der Waals surface area (Å²) in [6.07, 6.45) is 1.24. The molecule has 1 aliphatic rings. The van der Waals surface area contributed by atoms with Crippen molar-refractivity contribution in [2.75, 3.05) is 16.0 Å². The van der Waals surface area contributed by atoms with Crippen LogP contribution in [0.25, 0.3) is 0 Å². The van der Waals surface area contributed by atoms with Crippen molar-refractivity contribution in [3.8, 4) is 0 Å². The van der Waals surface area contributed by atoms with E-state index < -0.39 is 17.9 Å². The Balaban J connectivity index is 1.55. The zero-order chi connectivity index (χ0) is 24.1. The average molecular weight is 479 g/mol. The lowest BCUT2D eigenvalue weighted by molar-refractivity contribution is -0.136. The zero-order valence-electron chi connectivity index (χ0n) is 18.3. The van der Waals surface area contributed by atoms with Gasteiger partial charge in [-0.05, 0) is 29.8 Å². The van der Waals surface area contributed by atoms with Crippen LogP contribution < -0.4 is 10.2 Å².